The van der Waals surface area contributed by atoms with Crippen LogP contribution in [-0.4, -0.2) is 46.8 Å². The summed E-state index contributed by atoms with van der Waals surface area (Å²) in [6.45, 7) is 2.08. The van der Waals surface area contributed by atoms with E-state index in [-0.39, 0.29) is 23.4 Å². The van der Waals surface area contributed by atoms with E-state index >= 15 is 0 Å². The van der Waals surface area contributed by atoms with Crippen LogP contribution < -0.4 is 10.9 Å². The van der Waals surface area contributed by atoms with Gasteiger partial charge in [0.1, 0.15) is 17.2 Å². The normalized spacial score (nSPS) is 10.8. The third-order valence-electron chi connectivity index (χ3n) is 3.05. The first-order valence-corrected chi connectivity index (χ1v) is 7.31. The largest absolute Gasteiger partial charge is 0.478 e. The van der Waals surface area contributed by atoms with Gasteiger partial charge in [-0.2, -0.15) is 0 Å². The van der Waals surface area contributed by atoms with Crippen molar-refractivity contribution in [3.05, 3.63) is 27.1 Å². The summed E-state index contributed by atoms with van der Waals surface area (Å²) in [6.07, 6.45) is 0. The number of ether oxygens (including phenoxy) is 1. The quantitative estimate of drug-likeness (QED) is 0.736. The number of carbonyl (C=O) groups excluding carboxylic acids is 1. The summed E-state index contributed by atoms with van der Waals surface area (Å²) in [5.74, 6) is -1.20. The van der Waals surface area contributed by atoms with Crippen LogP contribution in [0, 0.1) is 6.92 Å². The molecule has 22 heavy (non-hydrogen) atoms. The van der Waals surface area contributed by atoms with Crippen LogP contribution >= 0.6 is 11.3 Å². The first-order chi connectivity index (χ1) is 10.5. The number of aromatic nitrogens is 2. The van der Waals surface area contributed by atoms with Gasteiger partial charge >= 0.3 is 5.97 Å². The number of thiophene rings is 1. The number of aromatic carboxylic acids is 1. The van der Waals surface area contributed by atoms with Crippen LogP contribution in [-0.2, 0) is 16.1 Å². The zero-order valence-corrected chi connectivity index (χ0v) is 12.9. The molecule has 2 N–H and O–H groups in total. The third-order valence-corrected chi connectivity index (χ3v) is 3.92. The predicted octanol–water partition coefficient (Wildman–Crippen LogP) is 0.227. The minimum Gasteiger partial charge on any atom is -0.478 e. The Morgan fingerprint density at radius 1 is 1.50 bits per heavy atom. The Morgan fingerprint density at radius 2 is 2.23 bits per heavy atom. The first-order valence-electron chi connectivity index (χ1n) is 6.43. The molecule has 0 saturated carbocycles. The van der Waals surface area contributed by atoms with Crippen molar-refractivity contribution in [1.82, 2.24) is 14.9 Å². The molecule has 0 saturated heterocycles. The lowest BCUT2D eigenvalue weighted by Crippen LogP contribution is -2.35. The van der Waals surface area contributed by atoms with Crippen molar-refractivity contribution in [3.63, 3.8) is 0 Å². The molecule has 118 valence electrons. The summed E-state index contributed by atoms with van der Waals surface area (Å²) >= 11 is 1.09. The number of methoxy groups -OCH3 is 1. The number of rotatable bonds is 6. The number of carboxylic acids is 1. The Morgan fingerprint density at radius 3 is 2.86 bits per heavy atom. The Labute approximate surface area is 129 Å². The molecule has 0 fully saturated rings. The van der Waals surface area contributed by atoms with E-state index < -0.39 is 11.5 Å². The second kappa shape index (κ2) is 6.67. The van der Waals surface area contributed by atoms with E-state index in [0.29, 0.717) is 23.8 Å². The number of carbonyl (C=O) groups is 2. The van der Waals surface area contributed by atoms with Gasteiger partial charge in [-0.1, -0.05) is 0 Å². The Kier molecular flexibility index (Phi) is 4.88. The van der Waals surface area contributed by atoms with E-state index in [2.05, 4.69) is 10.3 Å². The van der Waals surface area contributed by atoms with E-state index in [9.17, 15) is 14.4 Å². The predicted molar refractivity (Wildman–Crippen MR) is 80.5 cm³/mol. The highest BCUT2D eigenvalue weighted by Gasteiger charge is 2.19. The monoisotopic (exact) mass is 325 g/mol. The Balaban J connectivity index is 2.37. The molecule has 0 aliphatic carbocycles. The van der Waals surface area contributed by atoms with Crippen molar-refractivity contribution in [2.24, 2.45) is 0 Å². The Bertz CT molecular complexity index is 780. The summed E-state index contributed by atoms with van der Waals surface area (Å²) in [6, 6.07) is 0. The van der Waals surface area contributed by atoms with Crippen LogP contribution in [0.25, 0.3) is 10.2 Å². The van der Waals surface area contributed by atoms with Crippen LogP contribution in [0.1, 0.15) is 16.2 Å². The molecule has 0 atom stereocenters. The molecule has 0 radical (unpaired) electrons. The lowest BCUT2D eigenvalue weighted by molar-refractivity contribution is -0.121. The maximum absolute atomic E-state index is 12.5. The maximum Gasteiger partial charge on any atom is 0.337 e. The second-order valence-electron chi connectivity index (χ2n) is 4.53. The standard InChI is InChI=1S/C13H15N3O5S/c1-7-15-11-10(8(6-22-11)13(19)20)12(18)16(7)5-9(17)14-3-4-21-2/h6H,3-5H2,1-2H3,(H,14,17)(H,19,20). The number of nitrogens with zero attached hydrogens (tertiary/aromatic N) is 2. The van der Waals surface area contributed by atoms with Gasteiger partial charge in [0.15, 0.2) is 0 Å². The molecule has 0 unspecified atom stereocenters. The zero-order valence-electron chi connectivity index (χ0n) is 12.1. The van der Waals surface area contributed by atoms with E-state index in [0.717, 1.165) is 11.3 Å². The molecule has 0 spiro atoms. The molecule has 2 aromatic heterocycles. The van der Waals surface area contributed by atoms with Crippen LogP contribution in [0.3, 0.4) is 0 Å². The Hall–Kier alpha value is -2.26. The number of hydrogen-bond acceptors (Lipinski definition) is 6. The van der Waals surface area contributed by atoms with Gasteiger partial charge in [0.05, 0.1) is 17.6 Å². The molecule has 8 nitrogen and oxygen atoms in total. The number of carboxylic acid groups (broad SMARTS) is 1. The average Bonchev–Trinajstić information content (AvgIpc) is 2.87. The number of hydrogen-bond donors (Lipinski definition) is 2. The minimum atomic E-state index is -1.19. The highest BCUT2D eigenvalue weighted by molar-refractivity contribution is 7.17. The fourth-order valence-corrected chi connectivity index (χ4v) is 2.91. The molecule has 0 aliphatic heterocycles. The van der Waals surface area contributed by atoms with Crippen molar-refractivity contribution in [2.45, 2.75) is 13.5 Å². The van der Waals surface area contributed by atoms with Crippen molar-refractivity contribution in [3.8, 4) is 0 Å². The zero-order chi connectivity index (χ0) is 16.3. The van der Waals surface area contributed by atoms with Crippen molar-refractivity contribution < 1.29 is 19.4 Å². The second-order valence-corrected chi connectivity index (χ2v) is 5.39. The van der Waals surface area contributed by atoms with Crippen molar-refractivity contribution >= 4 is 33.4 Å². The topological polar surface area (TPSA) is 111 Å². The van der Waals surface area contributed by atoms with Gasteiger partial charge in [-0.05, 0) is 6.92 Å². The summed E-state index contributed by atoms with van der Waals surface area (Å²) in [4.78, 5) is 40.0. The molecular weight excluding hydrogens is 310 g/mol. The molecule has 2 heterocycles. The van der Waals surface area contributed by atoms with Gasteiger partial charge in [0.25, 0.3) is 5.56 Å². The van der Waals surface area contributed by atoms with Crippen LogP contribution in [0.4, 0.5) is 0 Å². The van der Waals surface area contributed by atoms with Gasteiger partial charge in [-0.3, -0.25) is 14.2 Å². The average molecular weight is 325 g/mol. The van der Waals surface area contributed by atoms with E-state index in [1.54, 1.807) is 6.92 Å². The summed E-state index contributed by atoms with van der Waals surface area (Å²) in [7, 11) is 1.52. The summed E-state index contributed by atoms with van der Waals surface area (Å²) in [5, 5.41) is 13.1. The van der Waals surface area contributed by atoms with E-state index in [1.165, 1.54) is 17.1 Å². The molecule has 0 aromatic carbocycles. The number of aryl methyl sites for hydroxylation is 1. The number of amides is 1. The molecule has 0 aliphatic rings. The molecule has 1 amide bonds. The molecule has 2 aromatic rings. The lowest BCUT2D eigenvalue weighted by Gasteiger charge is -2.10. The van der Waals surface area contributed by atoms with E-state index in [1.807, 2.05) is 0 Å². The highest BCUT2D eigenvalue weighted by atomic mass is 32.1. The number of fused-ring (bicyclic) bond motifs is 1. The maximum atomic E-state index is 12.5. The molecular formula is C13H15N3O5S. The van der Waals surface area contributed by atoms with E-state index in [4.69, 9.17) is 9.84 Å². The van der Waals surface area contributed by atoms with Gasteiger partial charge in [0.2, 0.25) is 5.91 Å². The van der Waals surface area contributed by atoms with Crippen LogP contribution in [0.15, 0.2) is 10.2 Å². The fourth-order valence-electron chi connectivity index (χ4n) is 1.96. The summed E-state index contributed by atoms with van der Waals surface area (Å²) in [5.41, 5.74) is -0.617. The lowest BCUT2D eigenvalue weighted by atomic mass is 10.2. The molecule has 9 heteroatoms. The van der Waals surface area contributed by atoms with Gasteiger partial charge in [-0.25, -0.2) is 9.78 Å². The fraction of sp³-hybridized carbons (Fsp3) is 0.385. The van der Waals surface area contributed by atoms with Gasteiger partial charge in [0, 0.05) is 19.0 Å². The molecule has 2 rings (SSSR count). The third kappa shape index (κ3) is 3.15. The summed E-state index contributed by atoms with van der Waals surface area (Å²) < 4.78 is 5.99. The molecule has 0 bridgehead atoms. The van der Waals surface area contributed by atoms with Crippen LogP contribution in [0.5, 0.6) is 0 Å². The number of nitrogens with one attached hydrogen (secondary N) is 1. The SMILES string of the molecule is COCCNC(=O)Cn1c(C)nc2scc(C(=O)O)c2c1=O. The van der Waals surface area contributed by atoms with Gasteiger partial charge in [-0.15, -0.1) is 11.3 Å². The van der Waals surface area contributed by atoms with Gasteiger partial charge < -0.3 is 15.2 Å². The highest BCUT2D eigenvalue weighted by Crippen LogP contribution is 2.21. The van der Waals surface area contributed by atoms with Crippen LogP contribution in [0.2, 0.25) is 0 Å². The first kappa shape index (κ1) is 16.1. The van der Waals surface area contributed by atoms with Crippen molar-refractivity contribution in [1.29, 1.82) is 0 Å². The van der Waals surface area contributed by atoms with Crippen molar-refractivity contribution in [2.75, 3.05) is 20.3 Å². The smallest absolute Gasteiger partial charge is 0.337 e. The minimum absolute atomic E-state index is 0.0350.